The Labute approximate surface area is 103 Å². The van der Waals surface area contributed by atoms with Gasteiger partial charge in [-0.25, -0.2) is 4.79 Å². The van der Waals surface area contributed by atoms with Crippen molar-refractivity contribution in [3.05, 3.63) is 22.7 Å². The summed E-state index contributed by atoms with van der Waals surface area (Å²) >= 11 is 0. The van der Waals surface area contributed by atoms with E-state index in [9.17, 15) is 15.0 Å². The molecule has 4 N–H and O–H groups in total. The first kappa shape index (κ1) is 13.0. The monoisotopic (exact) mass is 257 g/mol. The highest BCUT2D eigenvalue weighted by atomic mass is 16.6. The van der Waals surface area contributed by atoms with Gasteiger partial charge in [0, 0.05) is 13.3 Å². The minimum Gasteiger partial charge on any atom is -0.387 e. The highest BCUT2D eigenvalue weighted by Crippen LogP contribution is 2.28. The van der Waals surface area contributed by atoms with Crippen molar-refractivity contribution < 1.29 is 19.7 Å². The van der Waals surface area contributed by atoms with Gasteiger partial charge in [-0.05, 0) is 6.07 Å². The average molecular weight is 257 g/mol. The maximum absolute atomic E-state index is 11.6. The molecule has 2 heterocycles. The number of nitrogens with two attached hydrogens (primary N) is 1. The number of anilines is 1. The fraction of sp³-hybridized carbons (Fsp3) is 0.600. The molecule has 0 amide bonds. The molecular weight excluding hydrogens is 242 g/mol. The summed E-state index contributed by atoms with van der Waals surface area (Å²) in [6, 6.07) is 1.41. The number of aliphatic hydroxyl groups excluding tert-OH is 2. The molecule has 1 unspecified atom stereocenters. The predicted octanol–water partition coefficient (Wildman–Crippen LogP) is -1.91. The Balaban J connectivity index is 2.26. The van der Waals surface area contributed by atoms with Gasteiger partial charge in [0.1, 0.15) is 24.1 Å². The fourth-order valence-corrected chi connectivity index (χ4v) is 1.88. The molecule has 2 rings (SSSR count). The van der Waals surface area contributed by atoms with Crippen LogP contribution in [0.2, 0.25) is 0 Å². The Morgan fingerprint density at radius 2 is 2.28 bits per heavy atom. The largest absolute Gasteiger partial charge is 0.387 e. The minimum absolute atomic E-state index is 0.0812. The maximum Gasteiger partial charge on any atom is 0.351 e. The molecular formula is C10H15N3O5. The summed E-state index contributed by atoms with van der Waals surface area (Å²) < 4.78 is 11.3. The second-order valence-corrected chi connectivity index (χ2v) is 4.04. The normalized spacial score (nSPS) is 31.7. The average Bonchev–Trinajstić information content (AvgIpc) is 2.58. The molecule has 1 aliphatic rings. The predicted molar refractivity (Wildman–Crippen MR) is 60.7 cm³/mol. The highest BCUT2D eigenvalue weighted by Gasteiger charge is 2.44. The van der Waals surface area contributed by atoms with Crippen LogP contribution in [0, 0.1) is 0 Å². The van der Waals surface area contributed by atoms with Crippen LogP contribution in [0.1, 0.15) is 6.23 Å². The molecule has 0 saturated carbocycles. The van der Waals surface area contributed by atoms with Gasteiger partial charge in [0.2, 0.25) is 0 Å². The van der Waals surface area contributed by atoms with Crippen molar-refractivity contribution in [3.8, 4) is 0 Å². The molecule has 1 aromatic heterocycles. The molecule has 8 heteroatoms. The van der Waals surface area contributed by atoms with Crippen LogP contribution < -0.4 is 11.4 Å². The number of hydrogen-bond acceptors (Lipinski definition) is 7. The van der Waals surface area contributed by atoms with E-state index >= 15 is 0 Å². The second kappa shape index (κ2) is 5.02. The van der Waals surface area contributed by atoms with E-state index in [0.717, 1.165) is 4.57 Å². The van der Waals surface area contributed by atoms with Crippen molar-refractivity contribution in [2.75, 3.05) is 19.5 Å². The lowest BCUT2D eigenvalue weighted by atomic mass is 10.1. The van der Waals surface area contributed by atoms with Gasteiger partial charge >= 0.3 is 5.69 Å². The molecule has 18 heavy (non-hydrogen) atoms. The van der Waals surface area contributed by atoms with E-state index in [1.807, 2.05) is 0 Å². The zero-order chi connectivity index (χ0) is 13.3. The van der Waals surface area contributed by atoms with E-state index in [-0.39, 0.29) is 12.4 Å². The Morgan fingerprint density at radius 1 is 1.56 bits per heavy atom. The molecule has 0 aromatic carbocycles. The number of ether oxygens (including phenoxy) is 2. The van der Waals surface area contributed by atoms with Gasteiger partial charge in [-0.15, -0.1) is 0 Å². The van der Waals surface area contributed by atoms with Crippen LogP contribution in [0.25, 0.3) is 0 Å². The SMILES string of the molecule is COC[C@H]1OC(n2ccc(N)nc2=O)[C@@H](O)[C@@H]1O. The first-order valence-electron chi connectivity index (χ1n) is 5.39. The summed E-state index contributed by atoms with van der Waals surface area (Å²) in [5, 5.41) is 19.6. The molecule has 0 radical (unpaired) electrons. The Bertz CT molecular complexity index is 477. The van der Waals surface area contributed by atoms with Crippen LogP contribution in [-0.2, 0) is 9.47 Å². The fourth-order valence-electron chi connectivity index (χ4n) is 1.88. The lowest BCUT2D eigenvalue weighted by Crippen LogP contribution is -2.36. The van der Waals surface area contributed by atoms with Crippen LogP contribution in [0.3, 0.4) is 0 Å². The van der Waals surface area contributed by atoms with E-state index in [1.165, 1.54) is 19.4 Å². The summed E-state index contributed by atoms with van der Waals surface area (Å²) in [6.07, 6.45) is -2.69. The van der Waals surface area contributed by atoms with Crippen molar-refractivity contribution in [2.24, 2.45) is 0 Å². The first-order valence-corrected chi connectivity index (χ1v) is 5.39. The smallest absolute Gasteiger partial charge is 0.351 e. The molecule has 0 bridgehead atoms. The quantitative estimate of drug-likeness (QED) is 0.578. The van der Waals surface area contributed by atoms with Crippen LogP contribution in [0.5, 0.6) is 0 Å². The third-order valence-electron chi connectivity index (χ3n) is 2.79. The zero-order valence-corrected chi connectivity index (χ0v) is 9.76. The topological polar surface area (TPSA) is 120 Å². The van der Waals surface area contributed by atoms with Gasteiger partial charge in [-0.1, -0.05) is 0 Å². The lowest BCUT2D eigenvalue weighted by Gasteiger charge is -2.16. The Hall–Kier alpha value is -1.48. The second-order valence-electron chi connectivity index (χ2n) is 4.04. The number of aromatic nitrogens is 2. The summed E-state index contributed by atoms with van der Waals surface area (Å²) in [4.78, 5) is 15.1. The molecule has 0 aliphatic carbocycles. The highest BCUT2D eigenvalue weighted by molar-refractivity contribution is 5.23. The third kappa shape index (κ3) is 2.23. The third-order valence-corrected chi connectivity index (χ3v) is 2.79. The van der Waals surface area contributed by atoms with E-state index in [1.54, 1.807) is 0 Å². The molecule has 8 nitrogen and oxygen atoms in total. The van der Waals surface area contributed by atoms with Crippen molar-refractivity contribution in [1.82, 2.24) is 9.55 Å². The zero-order valence-electron chi connectivity index (χ0n) is 9.76. The van der Waals surface area contributed by atoms with Crippen LogP contribution in [0.4, 0.5) is 5.82 Å². The molecule has 4 atom stereocenters. The standard InChI is InChI=1S/C10H15N3O5/c1-17-4-5-7(14)8(15)9(18-5)13-3-2-6(11)12-10(13)16/h2-3,5,7-9,14-15H,4H2,1H3,(H2,11,12,16)/t5-,7-,8+,9?/m1/s1. The van der Waals surface area contributed by atoms with Crippen molar-refractivity contribution in [1.29, 1.82) is 0 Å². The number of nitrogen functional groups attached to an aromatic ring is 1. The van der Waals surface area contributed by atoms with Crippen LogP contribution >= 0.6 is 0 Å². The Kier molecular flexibility index (Phi) is 3.62. The first-order chi connectivity index (χ1) is 8.54. The molecule has 1 saturated heterocycles. The number of hydrogen-bond donors (Lipinski definition) is 3. The van der Waals surface area contributed by atoms with Crippen molar-refractivity contribution >= 4 is 5.82 Å². The van der Waals surface area contributed by atoms with Crippen molar-refractivity contribution in [3.63, 3.8) is 0 Å². The van der Waals surface area contributed by atoms with Crippen LogP contribution in [0.15, 0.2) is 17.1 Å². The van der Waals surface area contributed by atoms with E-state index in [2.05, 4.69) is 4.98 Å². The van der Waals surface area contributed by atoms with Gasteiger partial charge in [0.05, 0.1) is 6.61 Å². The van der Waals surface area contributed by atoms with Gasteiger partial charge in [0.25, 0.3) is 0 Å². The number of rotatable bonds is 3. The maximum atomic E-state index is 11.6. The molecule has 1 aliphatic heterocycles. The van der Waals surface area contributed by atoms with Gasteiger partial charge in [-0.3, -0.25) is 4.57 Å². The molecule has 0 spiro atoms. The number of methoxy groups -OCH3 is 1. The lowest BCUT2D eigenvalue weighted by molar-refractivity contribution is -0.0613. The van der Waals surface area contributed by atoms with Gasteiger partial charge in [0.15, 0.2) is 6.23 Å². The molecule has 1 fully saturated rings. The summed E-state index contributed by atoms with van der Waals surface area (Å²) in [5.41, 5.74) is 4.72. The summed E-state index contributed by atoms with van der Waals surface area (Å²) in [6.45, 7) is 0.117. The van der Waals surface area contributed by atoms with Gasteiger partial charge in [-0.2, -0.15) is 4.98 Å². The van der Waals surface area contributed by atoms with Crippen molar-refractivity contribution in [2.45, 2.75) is 24.5 Å². The number of aliphatic hydroxyl groups is 2. The Morgan fingerprint density at radius 3 is 2.89 bits per heavy atom. The molecule has 100 valence electrons. The van der Waals surface area contributed by atoms with E-state index in [4.69, 9.17) is 15.2 Å². The molecule has 1 aromatic rings. The summed E-state index contributed by atoms with van der Waals surface area (Å²) in [5.74, 6) is 0.0812. The van der Waals surface area contributed by atoms with Crippen LogP contribution in [-0.4, -0.2) is 51.8 Å². The summed E-state index contributed by atoms with van der Waals surface area (Å²) in [7, 11) is 1.45. The number of nitrogens with zero attached hydrogens (tertiary/aromatic N) is 2. The van der Waals surface area contributed by atoms with E-state index < -0.39 is 30.2 Å². The van der Waals surface area contributed by atoms with E-state index in [0.29, 0.717) is 0 Å². The minimum atomic E-state index is -1.23. The van der Waals surface area contributed by atoms with Gasteiger partial charge < -0.3 is 25.4 Å².